The quantitative estimate of drug-likeness (QED) is 0.659. The molecule has 3 heteroatoms. The Labute approximate surface area is 92.0 Å². The van der Waals surface area contributed by atoms with Gasteiger partial charge in [-0.15, -0.1) is 0 Å². The van der Waals surface area contributed by atoms with E-state index >= 15 is 0 Å². The molecule has 2 fully saturated rings. The number of fused-ring (bicyclic) bond motifs is 1. The zero-order valence-electron chi connectivity index (χ0n) is 9.79. The minimum absolute atomic E-state index is 0.0829. The van der Waals surface area contributed by atoms with Gasteiger partial charge in [-0.2, -0.15) is 0 Å². The van der Waals surface area contributed by atoms with Crippen molar-refractivity contribution in [1.29, 1.82) is 0 Å². The third kappa shape index (κ3) is 2.25. The first-order chi connectivity index (χ1) is 7.12. The fourth-order valence-electron chi connectivity index (χ4n) is 2.47. The molecule has 0 aromatic carbocycles. The molecule has 0 aromatic rings. The maximum absolute atomic E-state index is 5.77. The van der Waals surface area contributed by atoms with E-state index in [0.29, 0.717) is 0 Å². The summed E-state index contributed by atoms with van der Waals surface area (Å²) >= 11 is 0. The van der Waals surface area contributed by atoms with Gasteiger partial charge in [-0.1, -0.05) is 12.2 Å². The van der Waals surface area contributed by atoms with E-state index in [9.17, 15) is 0 Å². The zero-order chi connectivity index (χ0) is 10.9. The van der Waals surface area contributed by atoms with Gasteiger partial charge in [-0.3, -0.25) is 4.90 Å². The van der Waals surface area contributed by atoms with Gasteiger partial charge in [0.05, 0.1) is 31.5 Å². The van der Waals surface area contributed by atoms with Gasteiger partial charge < -0.3 is 9.47 Å². The molecular formula is C12H21NO2. The summed E-state index contributed by atoms with van der Waals surface area (Å²) < 4.78 is 11.4. The van der Waals surface area contributed by atoms with Crippen molar-refractivity contribution < 1.29 is 9.47 Å². The van der Waals surface area contributed by atoms with E-state index < -0.39 is 0 Å². The van der Waals surface area contributed by atoms with Crippen molar-refractivity contribution in [1.82, 2.24) is 4.90 Å². The molecule has 0 radical (unpaired) electrons. The molecule has 0 N–H and O–H groups in total. The maximum atomic E-state index is 5.77. The molecule has 3 nitrogen and oxygen atoms in total. The lowest BCUT2D eigenvalue weighted by atomic mass is 9.96. The van der Waals surface area contributed by atoms with Gasteiger partial charge in [-0.05, 0) is 20.3 Å². The SMILES string of the molecule is C=C1CN2CCOC[C@@]2(COC(C)C)C1. The van der Waals surface area contributed by atoms with E-state index in [1.54, 1.807) is 0 Å². The Bertz CT molecular complexity index is 252. The van der Waals surface area contributed by atoms with Crippen LogP contribution in [-0.4, -0.2) is 49.5 Å². The third-order valence-corrected chi connectivity index (χ3v) is 3.23. The maximum Gasteiger partial charge on any atom is 0.0720 e. The Morgan fingerprint density at radius 1 is 1.60 bits per heavy atom. The fraction of sp³-hybridized carbons (Fsp3) is 0.833. The highest BCUT2D eigenvalue weighted by Gasteiger charge is 2.45. The van der Waals surface area contributed by atoms with Crippen LogP contribution < -0.4 is 0 Å². The topological polar surface area (TPSA) is 21.7 Å². The number of hydrogen-bond donors (Lipinski definition) is 0. The summed E-state index contributed by atoms with van der Waals surface area (Å²) in [5.41, 5.74) is 1.40. The molecule has 2 aliphatic heterocycles. The molecule has 0 unspecified atom stereocenters. The highest BCUT2D eigenvalue weighted by atomic mass is 16.5. The summed E-state index contributed by atoms with van der Waals surface area (Å²) in [5.74, 6) is 0. The first kappa shape index (κ1) is 11.1. The van der Waals surface area contributed by atoms with Crippen molar-refractivity contribution in [3.05, 3.63) is 12.2 Å². The second-order valence-corrected chi connectivity index (χ2v) is 4.99. The Balaban J connectivity index is 2.04. The Morgan fingerprint density at radius 3 is 3.13 bits per heavy atom. The lowest BCUT2D eigenvalue weighted by molar-refractivity contribution is -0.0945. The summed E-state index contributed by atoms with van der Waals surface area (Å²) in [6, 6.07) is 0. The zero-order valence-corrected chi connectivity index (χ0v) is 9.79. The van der Waals surface area contributed by atoms with Gasteiger partial charge in [-0.25, -0.2) is 0 Å². The molecule has 0 saturated carbocycles. The predicted octanol–water partition coefficient (Wildman–Crippen LogP) is 1.44. The minimum atomic E-state index is 0.0829. The monoisotopic (exact) mass is 211 g/mol. The van der Waals surface area contributed by atoms with E-state index in [0.717, 1.165) is 39.3 Å². The Morgan fingerprint density at radius 2 is 2.40 bits per heavy atom. The average Bonchev–Trinajstić information content (AvgIpc) is 2.51. The van der Waals surface area contributed by atoms with Crippen LogP contribution in [0.3, 0.4) is 0 Å². The molecule has 0 spiro atoms. The van der Waals surface area contributed by atoms with E-state index in [4.69, 9.17) is 9.47 Å². The highest BCUT2D eigenvalue weighted by molar-refractivity contribution is 5.16. The average molecular weight is 211 g/mol. The number of ether oxygens (including phenoxy) is 2. The first-order valence-electron chi connectivity index (χ1n) is 5.73. The largest absolute Gasteiger partial charge is 0.378 e. The third-order valence-electron chi connectivity index (χ3n) is 3.23. The number of morpholine rings is 1. The molecule has 0 bridgehead atoms. The first-order valence-corrected chi connectivity index (χ1v) is 5.73. The second kappa shape index (κ2) is 4.24. The van der Waals surface area contributed by atoms with Crippen molar-refractivity contribution in [3.63, 3.8) is 0 Å². The summed E-state index contributed by atoms with van der Waals surface area (Å²) in [7, 11) is 0. The predicted molar refractivity (Wildman–Crippen MR) is 60.0 cm³/mol. The summed E-state index contributed by atoms with van der Waals surface area (Å²) in [5, 5.41) is 0. The lowest BCUT2D eigenvalue weighted by Gasteiger charge is -2.41. The second-order valence-electron chi connectivity index (χ2n) is 4.99. The Hall–Kier alpha value is -0.380. The molecular weight excluding hydrogens is 190 g/mol. The van der Waals surface area contributed by atoms with Crippen LogP contribution in [0.25, 0.3) is 0 Å². The van der Waals surface area contributed by atoms with Crippen LogP contribution in [0.15, 0.2) is 12.2 Å². The van der Waals surface area contributed by atoms with Gasteiger partial charge in [0.25, 0.3) is 0 Å². The molecule has 2 rings (SSSR count). The van der Waals surface area contributed by atoms with Gasteiger partial charge in [0.15, 0.2) is 0 Å². The standard InChI is InChI=1S/C12H21NO2/c1-10(2)15-9-12-6-11(3)7-13(12)4-5-14-8-12/h10H,3-9H2,1-2H3/t12-/m1/s1. The van der Waals surface area contributed by atoms with Crippen molar-refractivity contribution >= 4 is 0 Å². The van der Waals surface area contributed by atoms with Crippen LogP contribution in [0.2, 0.25) is 0 Å². The molecule has 2 heterocycles. The van der Waals surface area contributed by atoms with Crippen molar-refractivity contribution in [2.45, 2.75) is 31.9 Å². The molecule has 0 aliphatic carbocycles. The number of nitrogens with zero attached hydrogens (tertiary/aromatic N) is 1. The molecule has 1 atom stereocenters. The van der Waals surface area contributed by atoms with Crippen LogP contribution in [0, 0.1) is 0 Å². The summed E-state index contributed by atoms with van der Waals surface area (Å²) in [6.45, 7) is 12.7. The minimum Gasteiger partial charge on any atom is -0.378 e. The van der Waals surface area contributed by atoms with Gasteiger partial charge in [0.1, 0.15) is 0 Å². The van der Waals surface area contributed by atoms with Crippen molar-refractivity contribution in [2.24, 2.45) is 0 Å². The van der Waals surface area contributed by atoms with Gasteiger partial charge in [0.2, 0.25) is 0 Å². The van der Waals surface area contributed by atoms with Crippen LogP contribution >= 0.6 is 0 Å². The molecule has 2 aliphatic rings. The fourth-order valence-corrected chi connectivity index (χ4v) is 2.47. The highest BCUT2D eigenvalue weighted by Crippen LogP contribution is 2.34. The van der Waals surface area contributed by atoms with Crippen molar-refractivity contribution in [2.75, 3.05) is 32.9 Å². The molecule has 15 heavy (non-hydrogen) atoms. The van der Waals surface area contributed by atoms with Crippen LogP contribution in [0.5, 0.6) is 0 Å². The number of rotatable bonds is 3. The van der Waals surface area contributed by atoms with E-state index in [1.807, 2.05) is 0 Å². The Kier molecular flexibility index (Phi) is 3.14. The van der Waals surface area contributed by atoms with Gasteiger partial charge in [0, 0.05) is 13.1 Å². The molecule has 86 valence electrons. The summed E-state index contributed by atoms with van der Waals surface area (Å²) in [4.78, 5) is 2.47. The van der Waals surface area contributed by atoms with E-state index in [1.165, 1.54) is 5.57 Å². The van der Waals surface area contributed by atoms with Gasteiger partial charge >= 0.3 is 0 Å². The molecule has 0 aromatic heterocycles. The normalized spacial score (nSPS) is 32.3. The van der Waals surface area contributed by atoms with E-state index in [-0.39, 0.29) is 11.6 Å². The molecule has 0 amide bonds. The lowest BCUT2D eigenvalue weighted by Crippen LogP contribution is -2.56. The van der Waals surface area contributed by atoms with Crippen LogP contribution in [0.1, 0.15) is 20.3 Å². The van der Waals surface area contributed by atoms with Crippen LogP contribution in [0.4, 0.5) is 0 Å². The molecule has 2 saturated heterocycles. The number of hydrogen-bond acceptors (Lipinski definition) is 3. The smallest absolute Gasteiger partial charge is 0.0720 e. The van der Waals surface area contributed by atoms with Crippen molar-refractivity contribution in [3.8, 4) is 0 Å². The summed E-state index contributed by atoms with van der Waals surface area (Å²) in [6.07, 6.45) is 1.32. The van der Waals surface area contributed by atoms with E-state index in [2.05, 4.69) is 25.3 Å². The van der Waals surface area contributed by atoms with Crippen LogP contribution in [-0.2, 0) is 9.47 Å².